The molecule has 3 nitrogen and oxygen atoms in total. The van der Waals surface area contributed by atoms with Crippen LogP contribution in [-0.4, -0.2) is 17.7 Å². The van der Waals surface area contributed by atoms with Crippen molar-refractivity contribution in [1.82, 2.24) is 0 Å². The topological polar surface area (TPSA) is 46.5 Å². The zero-order valence-electron chi connectivity index (χ0n) is 16.6. The summed E-state index contributed by atoms with van der Waals surface area (Å²) < 4.78 is 5.39. The number of carbonyl (C=O) groups excluding carboxylic acids is 1. The molecule has 0 aliphatic carbocycles. The minimum Gasteiger partial charge on any atom is -0.462 e. The molecule has 3 aromatic carbocycles. The van der Waals surface area contributed by atoms with Crippen molar-refractivity contribution in [3.8, 4) is 11.1 Å². The average Bonchev–Trinajstić information content (AvgIpc) is 2.64. The van der Waals surface area contributed by atoms with E-state index in [1.54, 1.807) is 20.8 Å². The number of carbonyl (C=O) groups is 1. The summed E-state index contributed by atoms with van der Waals surface area (Å²) in [5.74, 6) is -0.335. The normalized spacial score (nSPS) is 12.8. The van der Waals surface area contributed by atoms with Crippen LogP contribution < -0.4 is 0 Å². The Balaban J connectivity index is 2.10. The Morgan fingerprint density at radius 2 is 1.75 bits per heavy atom. The van der Waals surface area contributed by atoms with Crippen LogP contribution in [0.3, 0.4) is 0 Å². The molecule has 0 bridgehead atoms. The molecule has 0 heterocycles. The van der Waals surface area contributed by atoms with Gasteiger partial charge in [-0.1, -0.05) is 54.1 Å². The number of aliphatic hydroxyl groups excluding tert-OH is 1. The van der Waals surface area contributed by atoms with Crippen LogP contribution in [0.25, 0.3) is 21.9 Å². The number of hydrogen-bond acceptors (Lipinski definition) is 3. The highest BCUT2D eigenvalue weighted by Crippen LogP contribution is 2.38. The maximum absolute atomic E-state index is 12.1. The number of benzene rings is 3. The Hall–Kier alpha value is -2.36. The second-order valence-electron chi connectivity index (χ2n) is 8.07. The van der Waals surface area contributed by atoms with Crippen LogP contribution in [0.5, 0.6) is 0 Å². The zero-order chi connectivity index (χ0) is 20.5. The molecule has 0 saturated carbocycles. The van der Waals surface area contributed by atoms with E-state index in [1.807, 2.05) is 49.4 Å². The van der Waals surface area contributed by atoms with Crippen LogP contribution in [0.1, 0.15) is 38.0 Å². The summed E-state index contributed by atoms with van der Waals surface area (Å²) in [5, 5.41) is 13.7. The summed E-state index contributed by atoms with van der Waals surface area (Å²) in [6, 6.07) is 17.7. The molecule has 0 saturated heterocycles. The molecule has 0 spiro atoms. The van der Waals surface area contributed by atoms with Crippen LogP contribution in [0.15, 0.2) is 54.6 Å². The Morgan fingerprint density at radius 3 is 2.39 bits per heavy atom. The average molecular weight is 397 g/mol. The van der Waals surface area contributed by atoms with E-state index in [-0.39, 0.29) is 12.6 Å². The molecule has 1 N–H and O–H groups in total. The molecule has 0 aliphatic rings. The largest absolute Gasteiger partial charge is 0.462 e. The number of hydrogen-bond donors (Lipinski definition) is 1. The van der Waals surface area contributed by atoms with Gasteiger partial charge in [0.2, 0.25) is 0 Å². The Kier molecular flexibility index (Phi) is 5.78. The van der Waals surface area contributed by atoms with Gasteiger partial charge >= 0.3 is 5.97 Å². The molecule has 0 radical (unpaired) electrons. The summed E-state index contributed by atoms with van der Waals surface area (Å²) >= 11 is 6.07. The van der Waals surface area contributed by atoms with Gasteiger partial charge in [0.05, 0.1) is 5.41 Å². The number of aryl methyl sites for hydroxylation is 1. The van der Waals surface area contributed by atoms with Gasteiger partial charge in [-0.15, -0.1) is 0 Å². The second-order valence-corrected chi connectivity index (χ2v) is 8.51. The molecule has 0 fully saturated rings. The van der Waals surface area contributed by atoms with Crippen LogP contribution >= 0.6 is 11.6 Å². The van der Waals surface area contributed by atoms with E-state index < -0.39 is 11.5 Å². The molecule has 0 aromatic heterocycles. The first kappa shape index (κ1) is 20.4. The molecular formula is C24H25ClO3. The van der Waals surface area contributed by atoms with Crippen molar-refractivity contribution >= 4 is 28.3 Å². The second kappa shape index (κ2) is 7.94. The number of fused-ring (bicyclic) bond motifs is 1. The van der Waals surface area contributed by atoms with Crippen molar-refractivity contribution in [1.29, 1.82) is 0 Å². The molecule has 1 atom stereocenters. The van der Waals surface area contributed by atoms with E-state index >= 15 is 0 Å². The minimum atomic E-state index is -0.929. The van der Waals surface area contributed by atoms with E-state index in [4.69, 9.17) is 16.3 Å². The Labute approximate surface area is 170 Å². The van der Waals surface area contributed by atoms with Crippen LogP contribution in [0.2, 0.25) is 5.02 Å². The standard InChI is InChI=1S/C24H25ClO3/c1-15-13-17-7-5-6-8-19(17)22(16-9-11-18(25)12-10-16)21(15)20(26)14-28-23(27)24(2,3)4/h5-13,20,26H,14H2,1-4H3/t20-/m0/s1. The van der Waals surface area contributed by atoms with Crippen LogP contribution in [-0.2, 0) is 9.53 Å². The molecule has 0 aliphatic heterocycles. The minimum absolute atomic E-state index is 0.0874. The van der Waals surface area contributed by atoms with Crippen molar-refractivity contribution in [2.24, 2.45) is 5.41 Å². The fourth-order valence-electron chi connectivity index (χ4n) is 3.32. The SMILES string of the molecule is Cc1cc2ccccc2c(-c2ccc(Cl)cc2)c1[C@@H](O)COC(=O)C(C)(C)C. The lowest BCUT2D eigenvalue weighted by atomic mass is 9.87. The van der Waals surface area contributed by atoms with Crippen molar-refractivity contribution in [2.45, 2.75) is 33.8 Å². The summed E-state index contributed by atoms with van der Waals surface area (Å²) in [5.41, 5.74) is 3.00. The summed E-state index contributed by atoms with van der Waals surface area (Å²) in [6.07, 6.45) is -0.929. The molecule has 3 aromatic rings. The highest BCUT2D eigenvalue weighted by atomic mass is 35.5. The molecule has 0 amide bonds. The van der Waals surface area contributed by atoms with Gasteiger partial charge in [-0.3, -0.25) is 4.79 Å². The first-order chi connectivity index (χ1) is 13.2. The van der Waals surface area contributed by atoms with Crippen molar-refractivity contribution in [3.05, 3.63) is 70.7 Å². The van der Waals surface area contributed by atoms with Gasteiger partial charge in [-0.25, -0.2) is 0 Å². The highest BCUT2D eigenvalue weighted by molar-refractivity contribution is 6.30. The van der Waals surface area contributed by atoms with Crippen LogP contribution in [0.4, 0.5) is 0 Å². The molecule has 4 heteroatoms. The Bertz CT molecular complexity index is 1000. The van der Waals surface area contributed by atoms with Gasteiger partial charge in [0.1, 0.15) is 12.7 Å². The maximum atomic E-state index is 12.1. The van der Waals surface area contributed by atoms with E-state index in [0.29, 0.717) is 5.02 Å². The van der Waals surface area contributed by atoms with E-state index in [0.717, 1.165) is 33.0 Å². The third-order valence-corrected chi connectivity index (χ3v) is 5.00. The predicted molar refractivity (Wildman–Crippen MR) is 115 cm³/mol. The van der Waals surface area contributed by atoms with Gasteiger partial charge in [-0.05, 0) is 72.9 Å². The fourth-order valence-corrected chi connectivity index (χ4v) is 3.44. The first-order valence-corrected chi connectivity index (χ1v) is 9.70. The number of esters is 1. The summed E-state index contributed by atoms with van der Waals surface area (Å²) in [7, 11) is 0. The molecule has 3 rings (SSSR count). The lowest BCUT2D eigenvalue weighted by Crippen LogP contribution is -2.25. The number of rotatable bonds is 4. The zero-order valence-corrected chi connectivity index (χ0v) is 17.4. The van der Waals surface area contributed by atoms with Crippen molar-refractivity contribution in [2.75, 3.05) is 6.61 Å². The lowest BCUT2D eigenvalue weighted by molar-refractivity contribution is -0.156. The first-order valence-electron chi connectivity index (χ1n) is 9.32. The molecular weight excluding hydrogens is 372 g/mol. The van der Waals surface area contributed by atoms with Gasteiger partial charge in [0, 0.05) is 5.02 Å². The van der Waals surface area contributed by atoms with Gasteiger partial charge in [-0.2, -0.15) is 0 Å². The lowest BCUT2D eigenvalue weighted by Gasteiger charge is -2.23. The maximum Gasteiger partial charge on any atom is 0.311 e. The molecule has 0 unspecified atom stereocenters. The van der Waals surface area contributed by atoms with E-state index in [9.17, 15) is 9.90 Å². The van der Waals surface area contributed by atoms with Gasteiger partial charge in [0.15, 0.2) is 0 Å². The quantitative estimate of drug-likeness (QED) is 0.542. The smallest absolute Gasteiger partial charge is 0.311 e. The van der Waals surface area contributed by atoms with Crippen molar-refractivity contribution < 1.29 is 14.6 Å². The number of halogens is 1. The van der Waals surface area contributed by atoms with Gasteiger partial charge in [0.25, 0.3) is 0 Å². The van der Waals surface area contributed by atoms with Gasteiger partial charge < -0.3 is 9.84 Å². The third kappa shape index (κ3) is 4.21. The highest BCUT2D eigenvalue weighted by Gasteiger charge is 2.26. The molecule has 28 heavy (non-hydrogen) atoms. The summed E-state index contributed by atoms with van der Waals surface area (Å²) in [6.45, 7) is 7.26. The van der Waals surface area contributed by atoms with Crippen LogP contribution in [0, 0.1) is 12.3 Å². The number of ether oxygens (including phenoxy) is 1. The van der Waals surface area contributed by atoms with Crippen molar-refractivity contribution in [3.63, 3.8) is 0 Å². The predicted octanol–water partition coefficient (Wildman–Crippen LogP) is 6.09. The fraction of sp³-hybridized carbons (Fsp3) is 0.292. The van der Waals surface area contributed by atoms with E-state index in [1.165, 1.54) is 0 Å². The monoisotopic (exact) mass is 396 g/mol. The Morgan fingerprint density at radius 1 is 1.11 bits per heavy atom. The summed E-state index contributed by atoms with van der Waals surface area (Å²) in [4.78, 5) is 12.1. The third-order valence-electron chi connectivity index (χ3n) is 4.75. The number of aliphatic hydroxyl groups is 1. The van der Waals surface area contributed by atoms with E-state index in [2.05, 4.69) is 12.1 Å². The molecule has 146 valence electrons.